The second kappa shape index (κ2) is 4.46. The van der Waals surface area contributed by atoms with Crippen LogP contribution < -0.4 is 0 Å². The van der Waals surface area contributed by atoms with E-state index in [0.29, 0.717) is 12.0 Å². The second-order valence-electron chi connectivity index (χ2n) is 11.4. The molecule has 0 aromatic heterocycles. The van der Waals surface area contributed by atoms with Crippen LogP contribution in [-0.4, -0.2) is 28.7 Å². The Morgan fingerprint density at radius 3 is 2.52 bits per heavy atom. The first-order valence-corrected chi connectivity index (χ1v) is 10.9. The van der Waals surface area contributed by atoms with E-state index in [-0.39, 0.29) is 29.3 Å². The summed E-state index contributed by atoms with van der Waals surface area (Å²) in [4.78, 5) is 24.8. The zero-order valence-electron chi connectivity index (χ0n) is 17.6. The Hall–Kier alpha value is -1.36. The Morgan fingerprint density at radius 2 is 1.86 bits per heavy atom. The third-order valence-electron chi connectivity index (χ3n) is 10.5. The maximum absolute atomic E-state index is 15.5. The summed E-state index contributed by atoms with van der Waals surface area (Å²) in [6.07, 6.45) is 7.20. The van der Waals surface area contributed by atoms with Crippen molar-refractivity contribution in [2.24, 2.45) is 39.9 Å². The number of hydrogen-bond donors (Lipinski definition) is 0. The molecule has 9 atom stereocenters. The molecule has 4 saturated carbocycles. The molecule has 5 fully saturated rings. The van der Waals surface area contributed by atoms with Crippen molar-refractivity contribution < 1.29 is 23.1 Å². The quantitative estimate of drug-likeness (QED) is 0.606. The molecule has 0 bridgehead atoms. The van der Waals surface area contributed by atoms with Crippen LogP contribution in [0.25, 0.3) is 0 Å². The molecule has 0 unspecified atom stereocenters. The molecule has 0 spiro atoms. The number of carbonyl (C=O) groups excluding carboxylic acids is 2. The summed E-state index contributed by atoms with van der Waals surface area (Å²) in [7, 11) is 0. The lowest BCUT2D eigenvalue weighted by Crippen LogP contribution is -2.55. The van der Waals surface area contributed by atoms with E-state index in [2.05, 4.69) is 6.92 Å². The molecule has 1 heterocycles. The Morgan fingerprint density at radius 1 is 1.17 bits per heavy atom. The average molecular weight is 402 g/mol. The topological polar surface area (TPSA) is 46.7 Å². The molecule has 5 heteroatoms. The number of ketones is 2. The number of alkyl halides is 2. The van der Waals surface area contributed by atoms with Gasteiger partial charge in [0.25, 0.3) is 5.92 Å². The van der Waals surface area contributed by atoms with E-state index in [9.17, 15) is 9.59 Å². The predicted octanol–water partition coefficient (Wildman–Crippen LogP) is 4.51. The van der Waals surface area contributed by atoms with Crippen molar-refractivity contribution in [2.75, 3.05) is 0 Å². The first-order valence-electron chi connectivity index (χ1n) is 10.9. The van der Waals surface area contributed by atoms with E-state index in [4.69, 9.17) is 4.74 Å². The van der Waals surface area contributed by atoms with E-state index < -0.39 is 39.3 Å². The summed E-state index contributed by atoms with van der Waals surface area (Å²) in [5, 5.41) is 0. The highest BCUT2D eigenvalue weighted by molar-refractivity contribution is 6.01. The number of ether oxygens (including phenoxy) is 1. The Bertz CT molecular complexity index is 967. The fourth-order valence-electron chi connectivity index (χ4n) is 9.25. The highest BCUT2D eigenvalue weighted by atomic mass is 19.3. The zero-order chi connectivity index (χ0) is 21.0. The third kappa shape index (κ3) is 1.54. The van der Waals surface area contributed by atoms with E-state index in [1.807, 2.05) is 19.9 Å². The number of halogens is 2. The van der Waals surface area contributed by atoms with Gasteiger partial charge in [0.15, 0.2) is 17.2 Å². The second-order valence-corrected chi connectivity index (χ2v) is 11.4. The fourth-order valence-corrected chi connectivity index (χ4v) is 9.25. The van der Waals surface area contributed by atoms with Gasteiger partial charge in [-0.15, -0.1) is 0 Å². The number of allylic oxidation sites excluding steroid dienone is 4. The molecule has 29 heavy (non-hydrogen) atoms. The average Bonchev–Trinajstić information content (AvgIpc) is 3.37. The van der Waals surface area contributed by atoms with E-state index in [1.54, 1.807) is 19.9 Å². The minimum Gasteiger partial charge on any atom is -0.354 e. The predicted molar refractivity (Wildman–Crippen MR) is 102 cm³/mol. The molecule has 6 rings (SSSR count). The minimum atomic E-state index is -2.82. The molecule has 0 aromatic carbocycles. The maximum Gasteiger partial charge on any atom is 0.261 e. The zero-order valence-corrected chi connectivity index (χ0v) is 17.6. The van der Waals surface area contributed by atoms with Gasteiger partial charge in [-0.05, 0) is 75.5 Å². The van der Waals surface area contributed by atoms with E-state index in [1.165, 1.54) is 6.08 Å². The lowest BCUT2D eigenvalue weighted by atomic mass is 9.45. The van der Waals surface area contributed by atoms with Gasteiger partial charge in [-0.3, -0.25) is 9.59 Å². The van der Waals surface area contributed by atoms with Crippen LogP contribution in [0.4, 0.5) is 8.78 Å². The number of hydrogen-bond acceptors (Lipinski definition) is 3. The Balaban J connectivity index is 1.53. The van der Waals surface area contributed by atoms with Gasteiger partial charge in [-0.2, -0.15) is 0 Å². The molecule has 3 nitrogen and oxygen atoms in total. The van der Waals surface area contributed by atoms with Crippen LogP contribution in [0.2, 0.25) is 0 Å². The first kappa shape index (κ1) is 18.4. The van der Waals surface area contributed by atoms with E-state index in [0.717, 1.165) is 12.8 Å². The molecular weight excluding hydrogens is 374 g/mol. The summed E-state index contributed by atoms with van der Waals surface area (Å²) in [6.45, 7) is 9.41. The summed E-state index contributed by atoms with van der Waals surface area (Å²) < 4.78 is 37.1. The highest BCUT2D eigenvalue weighted by Crippen LogP contribution is 2.86. The highest BCUT2D eigenvalue weighted by Gasteiger charge is 2.91. The van der Waals surface area contributed by atoms with Gasteiger partial charge in [0.2, 0.25) is 0 Å². The standard InChI is InChI=1S/C24H28F2O3/c1-12(27)23-20(3)9-7-14-17(15(20)11-21(23,4)29-23)18-22(5,24(18,25)26)16-10-13(28)6-8-19(14,16)2/h6,8,10,14-15,17-18H,7,9,11H2,1-5H3/t14-,15-,17+,18-,19+,20-,21+,22+,23-/m0/s1. The van der Waals surface area contributed by atoms with Crippen LogP contribution in [0.1, 0.15) is 53.9 Å². The van der Waals surface area contributed by atoms with Gasteiger partial charge in [0.05, 0.1) is 5.41 Å². The van der Waals surface area contributed by atoms with Gasteiger partial charge in [-0.1, -0.05) is 19.9 Å². The van der Waals surface area contributed by atoms with Gasteiger partial charge in [0, 0.05) is 16.7 Å². The SMILES string of the molecule is CC(=O)[C@@]12O[C@]1(C)C[C@H]1[C@@H]3[C@@H]4C(F)(F)[C@]4(C)C4=CC(=O)C=C[C@]4(C)[C@H]3CC[C@@]12C. The van der Waals surface area contributed by atoms with Gasteiger partial charge in [-0.25, -0.2) is 8.78 Å². The van der Waals surface area contributed by atoms with Crippen LogP contribution in [0, 0.1) is 39.9 Å². The number of fused-ring (bicyclic) bond motifs is 10. The van der Waals surface area contributed by atoms with E-state index >= 15 is 8.78 Å². The summed E-state index contributed by atoms with van der Waals surface area (Å²) in [5.74, 6) is -3.79. The molecule has 156 valence electrons. The van der Waals surface area contributed by atoms with Gasteiger partial charge < -0.3 is 4.74 Å². The summed E-state index contributed by atoms with van der Waals surface area (Å²) >= 11 is 0. The van der Waals surface area contributed by atoms with Gasteiger partial charge >= 0.3 is 0 Å². The van der Waals surface area contributed by atoms with Crippen molar-refractivity contribution >= 4 is 11.6 Å². The number of epoxide rings is 1. The molecule has 1 saturated heterocycles. The van der Waals surface area contributed by atoms with Gasteiger partial charge in [0.1, 0.15) is 5.60 Å². The molecular formula is C24H28F2O3. The number of rotatable bonds is 1. The Kier molecular flexibility index (Phi) is 2.83. The first-order chi connectivity index (χ1) is 13.3. The number of Topliss-reactive ketones (excluding diaryl/α,β-unsaturated/α-hetero) is 1. The van der Waals surface area contributed by atoms with Crippen molar-refractivity contribution in [1.82, 2.24) is 0 Å². The molecule has 0 N–H and O–H groups in total. The molecule has 0 amide bonds. The van der Waals surface area contributed by atoms with Crippen molar-refractivity contribution in [3.8, 4) is 0 Å². The fraction of sp³-hybridized carbons (Fsp3) is 0.750. The normalized spacial score (nSPS) is 60.2. The van der Waals surface area contributed by atoms with Crippen LogP contribution in [0.5, 0.6) is 0 Å². The lowest BCUT2D eigenvalue weighted by molar-refractivity contribution is -0.137. The van der Waals surface area contributed by atoms with Crippen molar-refractivity contribution in [2.45, 2.75) is 71.0 Å². The Labute approximate surface area is 169 Å². The van der Waals surface area contributed by atoms with Crippen molar-refractivity contribution in [1.29, 1.82) is 0 Å². The third-order valence-corrected chi connectivity index (χ3v) is 10.5. The summed E-state index contributed by atoms with van der Waals surface area (Å²) in [6, 6.07) is 0. The summed E-state index contributed by atoms with van der Waals surface area (Å²) in [5.41, 5.74) is -2.90. The van der Waals surface area contributed by atoms with Crippen LogP contribution in [0.15, 0.2) is 23.8 Å². The molecule has 1 aliphatic heterocycles. The van der Waals surface area contributed by atoms with Crippen LogP contribution in [-0.2, 0) is 14.3 Å². The lowest BCUT2D eigenvalue weighted by Gasteiger charge is -2.57. The molecule has 0 aromatic rings. The molecule has 0 radical (unpaired) electrons. The van der Waals surface area contributed by atoms with Crippen molar-refractivity contribution in [3.63, 3.8) is 0 Å². The minimum absolute atomic E-state index is 0.0333. The number of carbonyl (C=O) groups is 2. The smallest absolute Gasteiger partial charge is 0.261 e. The largest absolute Gasteiger partial charge is 0.354 e. The van der Waals surface area contributed by atoms with Crippen molar-refractivity contribution in [3.05, 3.63) is 23.8 Å². The molecule has 6 aliphatic rings. The monoisotopic (exact) mass is 402 g/mol. The maximum atomic E-state index is 15.5. The van der Waals surface area contributed by atoms with Crippen LogP contribution in [0.3, 0.4) is 0 Å². The van der Waals surface area contributed by atoms with Crippen LogP contribution >= 0.6 is 0 Å². The molecule has 5 aliphatic carbocycles.